The van der Waals surface area contributed by atoms with Gasteiger partial charge in [0, 0.05) is 17.6 Å². The molecule has 1 fully saturated rings. The molecular formula is C26H25F2N3O5. The molecule has 0 spiro atoms. The van der Waals surface area contributed by atoms with Crippen molar-refractivity contribution < 1.29 is 33.0 Å². The van der Waals surface area contributed by atoms with Crippen molar-refractivity contribution in [3.05, 3.63) is 77.5 Å². The first-order valence-electron chi connectivity index (χ1n) is 11.4. The van der Waals surface area contributed by atoms with E-state index in [-0.39, 0.29) is 46.7 Å². The summed E-state index contributed by atoms with van der Waals surface area (Å²) < 4.78 is 37.6. The van der Waals surface area contributed by atoms with Gasteiger partial charge in [0.05, 0.1) is 13.3 Å². The minimum Gasteiger partial charge on any atom is -0.504 e. The number of carbonyl (C=O) groups is 2. The highest BCUT2D eigenvalue weighted by molar-refractivity contribution is 5.96. The number of hydrogen-bond donors (Lipinski definition) is 3. The van der Waals surface area contributed by atoms with Crippen molar-refractivity contribution in [3.63, 3.8) is 0 Å². The number of pyridine rings is 1. The van der Waals surface area contributed by atoms with Crippen molar-refractivity contribution in [2.45, 2.75) is 37.8 Å². The normalized spacial score (nSPS) is 17.2. The Balaban J connectivity index is 1.34. The Morgan fingerprint density at radius 2 is 1.56 bits per heavy atom. The number of aromatic nitrogens is 1. The molecule has 2 aromatic carbocycles. The molecule has 36 heavy (non-hydrogen) atoms. The van der Waals surface area contributed by atoms with Crippen molar-refractivity contribution >= 4 is 11.8 Å². The summed E-state index contributed by atoms with van der Waals surface area (Å²) in [6.45, 7) is 0. The number of methoxy groups -OCH3 is 1. The molecule has 1 aliphatic carbocycles. The van der Waals surface area contributed by atoms with Crippen LogP contribution in [0.15, 0.2) is 54.7 Å². The topological polar surface area (TPSA) is 110 Å². The largest absolute Gasteiger partial charge is 0.504 e. The van der Waals surface area contributed by atoms with Crippen molar-refractivity contribution in [2.24, 2.45) is 0 Å². The molecule has 0 atom stereocenters. The molecule has 3 aromatic rings. The van der Waals surface area contributed by atoms with Gasteiger partial charge in [-0.2, -0.15) is 0 Å². The molecule has 0 aliphatic heterocycles. The minimum absolute atomic E-state index is 0.0509. The maximum absolute atomic E-state index is 13.9. The van der Waals surface area contributed by atoms with E-state index in [1.165, 1.54) is 49.6 Å². The lowest BCUT2D eigenvalue weighted by Gasteiger charge is -2.29. The van der Waals surface area contributed by atoms with E-state index in [0.717, 1.165) is 12.3 Å². The fraction of sp³-hybridized carbons (Fsp3) is 0.269. The number of phenolic OH excluding ortho intramolecular Hbond substituents is 1. The second-order valence-corrected chi connectivity index (χ2v) is 8.44. The summed E-state index contributed by atoms with van der Waals surface area (Å²) in [6.07, 6.45) is 3.41. The molecule has 4 rings (SSSR count). The Bertz CT molecular complexity index is 1240. The number of ether oxygens (including phenoxy) is 2. The van der Waals surface area contributed by atoms with Gasteiger partial charge in [-0.1, -0.05) is 0 Å². The molecule has 0 saturated heterocycles. The van der Waals surface area contributed by atoms with Gasteiger partial charge < -0.3 is 25.2 Å². The van der Waals surface area contributed by atoms with Gasteiger partial charge >= 0.3 is 0 Å². The van der Waals surface area contributed by atoms with Crippen LogP contribution in [-0.2, 0) is 0 Å². The van der Waals surface area contributed by atoms with Gasteiger partial charge in [0.25, 0.3) is 11.8 Å². The van der Waals surface area contributed by atoms with Crippen LogP contribution in [0.25, 0.3) is 0 Å². The first-order chi connectivity index (χ1) is 17.3. The van der Waals surface area contributed by atoms with E-state index >= 15 is 0 Å². The third-order valence-corrected chi connectivity index (χ3v) is 5.93. The summed E-state index contributed by atoms with van der Waals surface area (Å²) in [7, 11) is 1.41. The second-order valence-electron chi connectivity index (χ2n) is 8.44. The van der Waals surface area contributed by atoms with E-state index < -0.39 is 17.5 Å². The van der Waals surface area contributed by atoms with Crippen LogP contribution in [0.4, 0.5) is 8.78 Å². The Kier molecular flexibility index (Phi) is 7.62. The molecule has 0 bridgehead atoms. The third kappa shape index (κ3) is 6.07. The Morgan fingerprint density at radius 1 is 0.917 bits per heavy atom. The lowest BCUT2D eigenvalue weighted by molar-refractivity contribution is 0.0890. The predicted molar refractivity (Wildman–Crippen MR) is 126 cm³/mol. The van der Waals surface area contributed by atoms with Crippen LogP contribution in [0.3, 0.4) is 0 Å². The Labute approximate surface area is 206 Å². The Morgan fingerprint density at radius 3 is 2.19 bits per heavy atom. The van der Waals surface area contributed by atoms with Crippen LogP contribution in [0.2, 0.25) is 0 Å². The number of phenols is 1. The predicted octanol–water partition coefficient (Wildman–Crippen LogP) is 4.34. The van der Waals surface area contributed by atoms with Crippen LogP contribution in [0.1, 0.15) is 46.4 Å². The fourth-order valence-corrected chi connectivity index (χ4v) is 4.02. The molecule has 1 aromatic heterocycles. The van der Waals surface area contributed by atoms with Crippen LogP contribution in [-0.4, -0.2) is 41.1 Å². The summed E-state index contributed by atoms with van der Waals surface area (Å²) in [6, 6.07) is 10.3. The minimum atomic E-state index is -0.691. The van der Waals surface area contributed by atoms with Gasteiger partial charge in [0.15, 0.2) is 11.5 Å². The summed E-state index contributed by atoms with van der Waals surface area (Å²) in [4.78, 5) is 29.4. The van der Waals surface area contributed by atoms with Gasteiger partial charge in [-0.3, -0.25) is 9.59 Å². The zero-order chi connectivity index (χ0) is 25.7. The lowest BCUT2D eigenvalue weighted by atomic mass is 9.90. The summed E-state index contributed by atoms with van der Waals surface area (Å²) in [5.74, 6) is -1.63. The van der Waals surface area contributed by atoms with Gasteiger partial charge in [0.2, 0.25) is 5.88 Å². The van der Waals surface area contributed by atoms with E-state index in [1.807, 2.05) is 0 Å². The summed E-state index contributed by atoms with van der Waals surface area (Å²) in [5, 5.41) is 15.5. The highest BCUT2D eigenvalue weighted by atomic mass is 19.1. The zero-order valence-electron chi connectivity index (χ0n) is 19.5. The molecule has 1 saturated carbocycles. The number of halogens is 2. The maximum Gasteiger partial charge on any atom is 0.257 e. The molecule has 8 nitrogen and oxygen atoms in total. The fourth-order valence-electron chi connectivity index (χ4n) is 4.02. The average Bonchev–Trinajstić information content (AvgIpc) is 2.87. The van der Waals surface area contributed by atoms with Crippen LogP contribution in [0, 0.1) is 11.6 Å². The number of benzene rings is 2. The van der Waals surface area contributed by atoms with Crippen molar-refractivity contribution in [3.8, 4) is 23.1 Å². The molecule has 0 unspecified atom stereocenters. The van der Waals surface area contributed by atoms with Crippen LogP contribution in [0.5, 0.6) is 23.1 Å². The highest BCUT2D eigenvalue weighted by Gasteiger charge is 2.26. The van der Waals surface area contributed by atoms with E-state index in [9.17, 15) is 23.5 Å². The standard InChI is InChI=1S/C26H25F2N3O5/c1-35-23-12-15(2-11-22(23)32)24(33)30-18-5-7-19(8-6-18)31-25(34)21-13-17(28)14-29-26(21)36-20-9-3-16(27)4-10-20/h2-4,9-14,18-19,32H,5-8H2,1H3,(H,30,33)(H,31,34). The van der Waals surface area contributed by atoms with E-state index in [0.29, 0.717) is 31.2 Å². The Hall–Kier alpha value is -4.21. The molecule has 188 valence electrons. The lowest BCUT2D eigenvalue weighted by Crippen LogP contribution is -2.43. The number of hydrogen-bond acceptors (Lipinski definition) is 6. The maximum atomic E-state index is 13.9. The summed E-state index contributed by atoms with van der Waals surface area (Å²) in [5.41, 5.74) is 0.295. The monoisotopic (exact) mass is 497 g/mol. The van der Waals surface area contributed by atoms with Crippen LogP contribution < -0.4 is 20.1 Å². The first-order valence-corrected chi connectivity index (χ1v) is 11.4. The second kappa shape index (κ2) is 11.0. The zero-order valence-corrected chi connectivity index (χ0v) is 19.5. The first kappa shape index (κ1) is 24.9. The molecule has 2 amide bonds. The molecule has 1 heterocycles. The van der Waals surface area contributed by atoms with Gasteiger partial charge in [0.1, 0.15) is 22.9 Å². The molecule has 1 aliphatic rings. The van der Waals surface area contributed by atoms with Gasteiger partial charge in [-0.25, -0.2) is 13.8 Å². The van der Waals surface area contributed by atoms with Gasteiger partial charge in [-0.05, 0) is 74.2 Å². The number of amides is 2. The number of carbonyl (C=O) groups excluding carboxylic acids is 2. The molecule has 10 heteroatoms. The quantitative estimate of drug-likeness (QED) is 0.448. The van der Waals surface area contributed by atoms with Gasteiger partial charge in [-0.15, -0.1) is 0 Å². The highest BCUT2D eigenvalue weighted by Crippen LogP contribution is 2.27. The van der Waals surface area contributed by atoms with Crippen molar-refractivity contribution in [2.75, 3.05) is 7.11 Å². The number of nitrogens with one attached hydrogen (secondary N) is 2. The van der Waals surface area contributed by atoms with Crippen LogP contribution >= 0.6 is 0 Å². The van der Waals surface area contributed by atoms with E-state index in [2.05, 4.69) is 15.6 Å². The molecule has 0 radical (unpaired) electrons. The molecule has 3 N–H and O–H groups in total. The molecular weight excluding hydrogens is 472 g/mol. The van der Waals surface area contributed by atoms with E-state index in [4.69, 9.17) is 9.47 Å². The average molecular weight is 497 g/mol. The van der Waals surface area contributed by atoms with Crippen molar-refractivity contribution in [1.29, 1.82) is 0 Å². The number of rotatable bonds is 7. The number of aromatic hydroxyl groups is 1. The smallest absolute Gasteiger partial charge is 0.257 e. The summed E-state index contributed by atoms with van der Waals surface area (Å²) >= 11 is 0. The third-order valence-electron chi connectivity index (χ3n) is 5.93. The van der Waals surface area contributed by atoms with Crippen molar-refractivity contribution in [1.82, 2.24) is 15.6 Å². The SMILES string of the molecule is COc1cc(C(=O)NC2CCC(NC(=O)c3cc(F)cnc3Oc3ccc(F)cc3)CC2)ccc1O. The van der Waals surface area contributed by atoms with E-state index in [1.54, 1.807) is 0 Å². The number of nitrogens with zero attached hydrogens (tertiary/aromatic N) is 1.